The summed E-state index contributed by atoms with van der Waals surface area (Å²) in [6, 6.07) is 17.3. The molecule has 1 unspecified atom stereocenters. The van der Waals surface area contributed by atoms with Crippen LogP contribution in [0.4, 0.5) is 0 Å². The van der Waals surface area contributed by atoms with Crippen LogP contribution in [0, 0.1) is 13.8 Å². The molecule has 28 heavy (non-hydrogen) atoms. The first-order chi connectivity index (χ1) is 13.6. The molecule has 0 aliphatic carbocycles. The van der Waals surface area contributed by atoms with Gasteiger partial charge in [0.05, 0.1) is 17.3 Å². The van der Waals surface area contributed by atoms with Gasteiger partial charge in [0.15, 0.2) is 0 Å². The summed E-state index contributed by atoms with van der Waals surface area (Å²) in [5, 5.41) is 7.08. The molecule has 0 radical (unpaired) electrons. The van der Waals surface area contributed by atoms with Crippen LogP contribution < -0.4 is 10.1 Å². The van der Waals surface area contributed by atoms with Crippen LogP contribution in [0.2, 0.25) is 0 Å². The molecule has 5 nitrogen and oxygen atoms in total. The van der Waals surface area contributed by atoms with Gasteiger partial charge < -0.3 is 14.6 Å². The number of hydrogen-bond acceptors (Lipinski definition) is 4. The Morgan fingerprint density at radius 3 is 2.61 bits per heavy atom. The van der Waals surface area contributed by atoms with Crippen molar-refractivity contribution in [3.8, 4) is 5.75 Å². The molecular formula is C23H26N2O3. The number of rotatable bonds is 8. The minimum atomic E-state index is -0.106. The Bertz CT molecular complexity index is 899. The Balaban J connectivity index is 1.69. The molecule has 5 heteroatoms. The first kappa shape index (κ1) is 19.7. The van der Waals surface area contributed by atoms with Crippen LogP contribution in [0.1, 0.15) is 58.7 Å². The standard InChI is InChI=1S/C23H26N2O3/c1-4-9-22(18-10-6-5-7-11-18)24-23(26)19-12-8-13-20(14-19)27-15-21-16(2)25-28-17(21)3/h5-8,10-14,22H,4,9,15H2,1-3H3,(H,24,26). The van der Waals surface area contributed by atoms with E-state index >= 15 is 0 Å². The fourth-order valence-corrected chi connectivity index (χ4v) is 3.13. The van der Waals surface area contributed by atoms with Crippen molar-refractivity contribution in [1.29, 1.82) is 0 Å². The number of aryl methyl sites for hydroxylation is 2. The van der Waals surface area contributed by atoms with Crippen molar-refractivity contribution in [2.75, 3.05) is 0 Å². The Hall–Kier alpha value is -3.08. The minimum Gasteiger partial charge on any atom is -0.489 e. The Morgan fingerprint density at radius 2 is 1.93 bits per heavy atom. The summed E-state index contributed by atoms with van der Waals surface area (Å²) in [6.45, 7) is 6.22. The lowest BCUT2D eigenvalue weighted by molar-refractivity contribution is 0.0934. The molecule has 1 atom stereocenters. The maximum absolute atomic E-state index is 12.8. The van der Waals surface area contributed by atoms with Crippen molar-refractivity contribution >= 4 is 5.91 Å². The van der Waals surface area contributed by atoms with Gasteiger partial charge in [0.2, 0.25) is 0 Å². The van der Waals surface area contributed by atoms with Crippen molar-refractivity contribution in [3.63, 3.8) is 0 Å². The van der Waals surface area contributed by atoms with Crippen LogP contribution in [0.25, 0.3) is 0 Å². The quantitative estimate of drug-likeness (QED) is 0.589. The molecule has 2 aromatic carbocycles. The number of carbonyl (C=O) groups is 1. The largest absolute Gasteiger partial charge is 0.489 e. The SMILES string of the molecule is CCCC(NC(=O)c1cccc(OCc2c(C)noc2C)c1)c1ccccc1. The number of amides is 1. The zero-order valence-corrected chi connectivity index (χ0v) is 16.6. The highest BCUT2D eigenvalue weighted by molar-refractivity contribution is 5.94. The highest BCUT2D eigenvalue weighted by Crippen LogP contribution is 2.21. The zero-order valence-electron chi connectivity index (χ0n) is 16.6. The maximum Gasteiger partial charge on any atom is 0.251 e. The van der Waals surface area contributed by atoms with Gasteiger partial charge in [-0.1, -0.05) is 54.9 Å². The average molecular weight is 378 g/mol. The predicted octanol–water partition coefficient (Wildman–Crippen LogP) is 5.14. The van der Waals surface area contributed by atoms with Gasteiger partial charge in [-0.25, -0.2) is 0 Å². The van der Waals surface area contributed by atoms with Crippen molar-refractivity contribution in [3.05, 3.63) is 82.7 Å². The zero-order chi connectivity index (χ0) is 19.9. The van der Waals surface area contributed by atoms with Gasteiger partial charge in [0.25, 0.3) is 5.91 Å². The Morgan fingerprint density at radius 1 is 1.14 bits per heavy atom. The molecule has 0 saturated heterocycles. The summed E-state index contributed by atoms with van der Waals surface area (Å²) < 4.78 is 11.0. The van der Waals surface area contributed by atoms with E-state index in [0.717, 1.165) is 35.4 Å². The lowest BCUT2D eigenvalue weighted by atomic mass is 10.0. The summed E-state index contributed by atoms with van der Waals surface area (Å²) in [6.07, 6.45) is 1.87. The number of carbonyl (C=O) groups excluding carboxylic acids is 1. The van der Waals surface area contributed by atoms with E-state index in [0.29, 0.717) is 17.9 Å². The molecule has 0 bridgehead atoms. The van der Waals surface area contributed by atoms with Crippen LogP contribution in [0.3, 0.4) is 0 Å². The van der Waals surface area contributed by atoms with Crippen LogP contribution in [-0.2, 0) is 6.61 Å². The van der Waals surface area contributed by atoms with Gasteiger partial charge in [0, 0.05) is 5.56 Å². The number of ether oxygens (including phenoxy) is 1. The number of hydrogen-bond donors (Lipinski definition) is 1. The number of nitrogens with zero attached hydrogens (tertiary/aromatic N) is 1. The lowest BCUT2D eigenvalue weighted by Gasteiger charge is -2.19. The summed E-state index contributed by atoms with van der Waals surface area (Å²) in [4.78, 5) is 12.8. The lowest BCUT2D eigenvalue weighted by Crippen LogP contribution is -2.28. The minimum absolute atomic E-state index is 0.00872. The number of benzene rings is 2. The van der Waals surface area contributed by atoms with E-state index in [1.54, 1.807) is 12.1 Å². The molecule has 0 spiro atoms. The molecule has 146 valence electrons. The fourth-order valence-electron chi connectivity index (χ4n) is 3.13. The summed E-state index contributed by atoms with van der Waals surface area (Å²) in [5.41, 5.74) is 3.44. The third-order valence-electron chi connectivity index (χ3n) is 4.75. The van der Waals surface area contributed by atoms with E-state index in [-0.39, 0.29) is 11.9 Å². The van der Waals surface area contributed by atoms with Gasteiger partial charge in [-0.05, 0) is 44.0 Å². The van der Waals surface area contributed by atoms with E-state index in [1.165, 1.54) is 0 Å². The van der Waals surface area contributed by atoms with Gasteiger partial charge in [-0.2, -0.15) is 0 Å². The number of nitrogens with one attached hydrogen (secondary N) is 1. The third-order valence-corrected chi connectivity index (χ3v) is 4.75. The first-order valence-corrected chi connectivity index (χ1v) is 9.59. The van der Waals surface area contributed by atoms with Gasteiger partial charge in [-0.15, -0.1) is 0 Å². The van der Waals surface area contributed by atoms with Crippen LogP contribution in [-0.4, -0.2) is 11.1 Å². The van der Waals surface area contributed by atoms with Crippen molar-refractivity contribution in [1.82, 2.24) is 10.5 Å². The normalized spacial score (nSPS) is 11.8. The molecule has 1 heterocycles. The smallest absolute Gasteiger partial charge is 0.251 e. The summed E-state index contributed by atoms with van der Waals surface area (Å²) in [5.74, 6) is 1.28. The van der Waals surface area contributed by atoms with Crippen LogP contribution in [0.5, 0.6) is 5.75 Å². The van der Waals surface area contributed by atoms with Crippen LogP contribution in [0.15, 0.2) is 59.1 Å². The highest BCUT2D eigenvalue weighted by atomic mass is 16.5. The fraction of sp³-hybridized carbons (Fsp3) is 0.304. The molecule has 1 aromatic heterocycles. The molecule has 3 rings (SSSR count). The first-order valence-electron chi connectivity index (χ1n) is 9.59. The van der Waals surface area contributed by atoms with E-state index in [2.05, 4.69) is 17.4 Å². The van der Waals surface area contributed by atoms with Crippen molar-refractivity contribution in [2.45, 2.75) is 46.3 Å². The molecule has 1 N–H and O–H groups in total. The predicted molar refractivity (Wildman–Crippen MR) is 108 cm³/mol. The molecule has 0 aliphatic heterocycles. The molecule has 0 saturated carbocycles. The van der Waals surface area contributed by atoms with E-state index in [1.807, 2.05) is 56.3 Å². The highest BCUT2D eigenvalue weighted by Gasteiger charge is 2.16. The average Bonchev–Trinajstić information content (AvgIpc) is 3.04. The van der Waals surface area contributed by atoms with Crippen LogP contribution >= 0.6 is 0 Å². The summed E-state index contributed by atoms with van der Waals surface area (Å²) in [7, 11) is 0. The Labute approximate surface area is 165 Å². The molecule has 1 amide bonds. The summed E-state index contributed by atoms with van der Waals surface area (Å²) >= 11 is 0. The van der Waals surface area contributed by atoms with E-state index in [9.17, 15) is 4.79 Å². The van der Waals surface area contributed by atoms with Gasteiger partial charge >= 0.3 is 0 Å². The topological polar surface area (TPSA) is 64.4 Å². The second-order valence-electron chi connectivity index (χ2n) is 6.84. The monoisotopic (exact) mass is 378 g/mol. The Kier molecular flexibility index (Phi) is 6.48. The molecular weight excluding hydrogens is 352 g/mol. The van der Waals surface area contributed by atoms with Crippen molar-refractivity contribution in [2.24, 2.45) is 0 Å². The van der Waals surface area contributed by atoms with Gasteiger partial charge in [0.1, 0.15) is 18.1 Å². The van der Waals surface area contributed by atoms with E-state index in [4.69, 9.17) is 9.26 Å². The van der Waals surface area contributed by atoms with Crippen molar-refractivity contribution < 1.29 is 14.1 Å². The second-order valence-corrected chi connectivity index (χ2v) is 6.84. The molecule has 0 aliphatic rings. The van der Waals surface area contributed by atoms with E-state index < -0.39 is 0 Å². The second kappa shape index (κ2) is 9.22. The molecule has 3 aromatic rings. The van der Waals surface area contributed by atoms with Gasteiger partial charge in [-0.3, -0.25) is 4.79 Å². The third kappa shape index (κ3) is 4.80. The molecule has 0 fully saturated rings. The maximum atomic E-state index is 12.8. The number of aromatic nitrogens is 1.